The first-order valence-corrected chi connectivity index (χ1v) is 9.34. The number of aryl methyl sites for hydroxylation is 3. The minimum absolute atomic E-state index is 0.313. The zero-order valence-corrected chi connectivity index (χ0v) is 15.7. The lowest BCUT2D eigenvalue weighted by molar-refractivity contribution is 0.0600. The number of ether oxygens (including phenoxy) is 1. The molecule has 6 heteroatoms. The van der Waals surface area contributed by atoms with Gasteiger partial charge in [0.05, 0.1) is 12.7 Å². The summed E-state index contributed by atoms with van der Waals surface area (Å²) in [5.41, 5.74) is 2.97. The second-order valence-electron chi connectivity index (χ2n) is 5.52. The largest absolute Gasteiger partial charge is 0.465 e. The second-order valence-corrected chi connectivity index (χ2v) is 7.68. The van der Waals surface area contributed by atoms with E-state index in [-0.39, 0.29) is 5.97 Å². The van der Waals surface area contributed by atoms with Gasteiger partial charge in [0.2, 0.25) is 0 Å². The smallest absolute Gasteiger partial charge is 0.337 e. The van der Waals surface area contributed by atoms with Gasteiger partial charge in [0.15, 0.2) is 0 Å². The van der Waals surface area contributed by atoms with Gasteiger partial charge in [0.25, 0.3) is 0 Å². The molecule has 0 radical (unpaired) electrons. The van der Waals surface area contributed by atoms with E-state index < -0.39 is 0 Å². The molecule has 0 spiro atoms. The molecule has 0 aliphatic rings. The van der Waals surface area contributed by atoms with E-state index in [1.54, 1.807) is 35.2 Å². The summed E-state index contributed by atoms with van der Waals surface area (Å²) in [7, 11) is 1.39. The Morgan fingerprint density at radius 2 is 1.88 bits per heavy atom. The third kappa shape index (κ3) is 3.30. The number of fused-ring (bicyclic) bond motifs is 1. The van der Waals surface area contributed by atoms with Crippen molar-refractivity contribution in [3.8, 4) is 0 Å². The van der Waals surface area contributed by atoms with Crippen LogP contribution in [0.4, 0.5) is 0 Å². The summed E-state index contributed by atoms with van der Waals surface area (Å²) in [6.45, 7) is 6.18. The minimum atomic E-state index is -0.313. The highest BCUT2D eigenvalue weighted by Crippen LogP contribution is 2.36. The molecule has 0 aliphatic carbocycles. The Kier molecular flexibility index (Phi) is 4.87. The number of hydrogen-bond donors (Lipinski definition) is 0. The molecule has 2 aromatic heterocycles. The number of benzene rings is 1. The highest BCUT2D eigenvalue weighted by atomic mass is 32.2. The molecule has 0 N–H and O–H groups in total. The summed E-state index contributed by atoms with van der Waals surface area (Å²) in [5, 5.41) is 2.19. The van der Waals surface area contributed by atoms with Crippen molar-refractivity contribution < 1.29 is 9.53 Å². The zero-order valence-electron chi connectivity index (χ0n) is 14.0. The molecule has 2 heterocycles. The summed E-state index contributed by atoms with van der Waals surface area (Å²) in [6, 6.07) is 7.50. The summed E-state index contributed by atoms with van der Waals surface area (Å²) < 4.78 is 4.72. The van der Waals surface area contributed by atoms with Crippen LogP contribution in [0.3, 0.4) is 0 Å². The first-order valence-electron chi connectivity index (χ1n) is 7.54. The molecule has 0 bridgehead atoms. The Labute approximate surface area is 149 Å². The van der Waals surface area contributed by atoms with Crippen LogP contribution in [0.2, 0.25) is 0 Å². The zero-order chi connectivity index (χ0) is 17.3. The molecule has 0 saturated carbocycles. The van der Waals surface area contributed by atoms with Gasteiger partial charge in [0, 0.05) is 16.0 Å². The first-order chi connectivity index (χ1) is 11.5. The Morgan fingerprint density at radius 3 is 2.54 bits per heavy atom. The molecule has 0 aliphatic heterocycles. The van der Waals surface area contributed by atoms with Crippen molar-refractivity contribution >= 4 is 39.3 Å². The molecule has 3 aromatic rings. The molecule has 0 fully saturated rings. The standard InChI is InChI=1S/C18H18N2O2S2/c1-10-11(2)24-17-15(10)16(19-12(3)20-17)23-9-13-5-7-14(8-6-13)18(21)22-4/h5-8H,9H2,1-4H3. The molecule has 124 valence electrons. The van der Waals surface area contributed by atoms with Gasteiger partial charge in [-0.1, -0.05) is 12.1 Å². The minimum Gasteiger partial charge on any atom is -0.465 e. The summed E-state index contributed by atoms with van der Waals surface area (Å²) in [4.78, 5) is 23.0. The summed E-state index contributed by atoms with van der Waals surface area (Å²) in [5.74, 6) is 1.28. The topological polar surface area (TPSA) is 52.1 Å². The van der Waals surface area contributed by atoms with E-state index in [1.807, 2.05) is 19.1 Å². The number of esters is 1. The molecular formula is C18H18N2O2S2. The number of hydrogen-bond acceptors (Lipinski definition) is 6. The van der Waals surface area contributed by atoms with Crippen LogP contribution in [0.15, 0.2) is 29.3 Å². The van der Waals surface area contributed by atoms with Gasteiger partial charge in [0.1, 0.15) is 15.7 Å². The lowest BCUT2D eigenvalue weighted by atomic mass is 10.1. The molecule has 0 unspecified atom stereocenters. The van der Waals surface area contributed by atoms with Gasteiger partial charge >= 0.3 is 5.97 Å². The Bertz CT molecular complexity index is 902. The highest BCUT2D eigenvalue weighted by Gasteiger charge is 2.14. The van der Waals surface area contributed by atoms with E-state index in [1.165, 1.54) is 22.9 Å². The van der Waals surface area contributed by atoms with Crippen molar-refractivity contribution in [1.82, 2.24) is 9.97 Å². The van der Waals surface area contributed by atoms with Crippen molar-refractivity contribution in [3.63, 3.8) is 0 Å². The predicted molar refractivity (Wildman–Crippen MR) is 99.0 cm³/mol. The average Bonchev–Trinajstić information content (AvgIpc) is 2.86. The molecule has 0 amide bonds. The van der Waals surface area contributed by atoms with E-state index in [9.17, 15) is 4.79 Å². The lowest BCUT2D eigenvalue weighted by Crippen LogP contribution is -2.00. The normalized spacial score (nSPS) is 11.0. The van der Waals surface area contributed by atoms with Crippen LogP contribution >= 0.6 is 23.1 Å². The SMILES string of the molecule is COC(=O)c1ccc(CSc2nc(C)nc3sc(C)c(C)c23)cc1. The van der Waals surface area contributed by atoms with E-state index >= 15 is 0 Å². The number of carbonyl (C=O) groups excluding carboxylic acids is 1. The first kappa shape index (κ1) is 16.9. The van der Waals surface area contributed by atoms with Gasteiger partial charge < -0.3 is 4.74 Å². The molecule has 0 atom stereocenters. The van der Waals surface area contributed by atoms with Gasteiger partial charge in [-0.05, 0) is 44.0 Å². The molecule has 3 rings (SSSR count). The van der Waals surface area contributed by atoms with Crippen LogP contribution in [0.25, 0.3) is 10.2 Å². The number of rotatable bonds is 4. The van der Waals surface area contributed by atoms with Gasteiger partial charge in [-0.25, -0.2) is 14.8 Å². The van der Waals surface area contributed by atoms with Crippen LogP contribution < -0.4 is 0 Å². The quantitative estimate of drug-likeness (QED) is 0.384. The molecular weight excluding hydrogens is 340 g/mol. The maximum atomic E-state index is 11.5. The third-order valence-corrected chi connectivity index (χ3v) is 6.01. The second kappa shape index (κ2) is 6.91. The van der Waals surface area contributed by atoms with Crippen molar-refractivity contribution in [1.29, 1.82) is 0 Å². The maximum Gasteiger partial charge on any atom is 0.337 e. The molecule has 0 saturated heterocycles. The molecule has 1 aromatic carbocycles. The summed E-state index contributed by atoms with van der Waals surface area (Å²) in [6.07, 6.45) is 0. The number of nitrogens with zero attached hydrogens (tertiary/aromatic N) is 2. The highest BCUT2D eigenvalue weighted by molar-refractivity contribution is 7.98. The van der Waals surface area contributed by atoms with Crippen molar-refractivity contribution in [2.24, 2.45) is 0 Å². The number of thioether (sulfide) groups is 1. The Balaban J connectivity index is 1.84. The van der Waals surface area contributed by atoms with Crippen molar-refractivity contribution in [2.75, 3.05) is 7.11 Å². The van der Waals surface area contributed by atoms with Gasteiger partial charge in [-0.15, -0.1) is 23.1 Å². The maximum absolute atomic E-state index is 11.5. The number of methoxy groups -OCH3 is 1. The van der Waals surface area contributed by atoms with Crippen LogP contribution in [-0.2, 0) is 10.5 Å². The predicted octanol–water partition coefficient (Wildman–Crippen LogP) is 4.70. The fourth-order valence-corrected chi connectivity index (χ4v) is 4.65. The fourth-order valence-electron chi connectivity index (χ4n) is 2.43. The van der Waals surface area contributed by atoms with Gasteiger partial charge in [-0.3, -0.25) is 0 Å². The van der Waals surface area contributed by atoms with E-state index in [2.05, 4.69) is 23.8 Å². The van der Waals surface area contributed by atoms with Crippen molar-refractivity contribution in [2.45, 2.75) is 31.6 Å². The number of carbonyl (C=O) groups is 1. The summed E-state index contributed by atoms with van der Waals surface area (Å²) >= 11 is 3.42. The fraction of sp³-hybridized carbons (Fsp3) is 0.278. The Hall–Kier alpha value is -1.92. The Morgan fingerprint density at radius 1 is 1.17 bits per heavy atom. The van der Waals surface area contributed by atoms with Crippen LogP contribution in [0.5, 0.6) is 0 Å². The number of aromatic nitrogens is 2. The number of thiophene rings is 1. The van der Waals surface area contributed by atoms with Gasteiger partial charge in [-0.2, -0.15) is 0 Å². The monoisotopic (exact) mass is 358 g/mol. The van der Waals surface area contributed by atoms with E-state index in [0.717, 1.165) is 27.0 Å². The van der Waals surface area contributed by atoms with E-state index in [0.29, 0.717) is 5.56 Å². The van der Waals surface area contributed by atoms with E-state index in [4.69, 9.17) is 4.74 Å². The van der Waals surface area contributed by atoms with Crippen LogP contribution in [0.1, 0.15) is 32.2 Å². The molecule has 4 nitrogen and oxygen atoms in total. The van der Waals surface area contributed by atoms with Crippen LogP contribution in [0, 0.1) is 20.8 Å². The molecule has 24 heavy (non-hydrogen) atoms. The third-order valence-electron chi connectivity index (χ3n) is 3.86. The van der Waals surface area contributed by atoms with Crippen molar-refractivity contribution in [3.05, 3.63) is 51.7 Å². The average molecular weight is 358 g/mol. The van der Waals surface area contributed by atoms with Crippen LogP contribution in [-0.4, -0.2) is 23.0 Å². The lowest BCUT2D eigenvalue weighted by Gasteiger charge is -2.06.